The van der Waals surface area contributed by atoms with Gasteiger partial charge in [0.25, 0.3) is 0 Å². The van der Waals surface area contributed by atoms with Gasteiger partial charge >= 0.3 is 0 Å². The van der Waals surface area contributed by atoms with Gasteiger partial charge in [-0.2, -0.15) is 0 Å². The number of ketones is 2. The van der Waals surface area contributed by atoms with Gasteiger partial charge in [-0.3, -0.25) is 9.59 Å². The molecule has 0 saturated heterocycles. The van der Waals surface area contributed by atoms with E-state index in [9.17, 15) is 9.59 Å². The first-order chi connectivity index (χ1) is 8.67. The molecule has 3 heteroatoms. The molecule has 0 radical (unpaired) electrons. The Kier molecular flexibility index (Phi) is 5.85. The van der Waals surface area contributed by atoms with Gasteiger partial charge in [-0.1, -0.05) is 6.08 Å². The highest BCUT2D eigenvalue weighted by atomic mass is 16.5. The largest absolute Gasteiger partial charge is 0.497 e. The van der Waals surface area contributed by atoms with Crippen molar-refractivity contribution in [3.63, 3.8) is 0 Å². The van der Waals surface area contributed by atoms with Gasteiger partial charge < -0.3 is 4.74 Å². The third kappa shape index (κ3) is 4.53. The van der Waals surface area contributed by atoms with Crippen LogP contribution in [0.1, 0.15) is 36.0 Å². The van der Waals surface area contributed by atoms with Crippen LogP contribution in [0, 0.1) is 0 Å². The highest BCUT2D eigenvalue weighted by Crippen LogP contribution is 2.13. The molecular formula is C15H18O3. The van der Waals surface area contributed by atoms with Crippen molar-refractivity contribution in [1.82, 2.24) is 0 Å². The van der Waals surface area contributed by atoms with Crippen LogP contribution in [-0.2, 0) is 4.79 Å². The molecule has 0 unspecified atom stereocenters. The summed E-state index contributed by atoms with van der Waals surface area (Å²) in [6.07, 6.45) is 3.43. The van der Waals surface area contributed by atoms with Gasteiger partial charge in [0.2, 0.25) is 0 Å². The van der Waals surface area contributed by atoms with E-state index in [0.717, 1.165) is 0 Å². The fraction of sp³-hybridized carbons (Fsp3) is 0.333. The summed E-state index contributed by atoms with van der Waals surface area (Å²) in [5.41, 5.74) is 0.618. The minimum atomic E-state index is -0.00962. The lowest BCUT2D eigenvalue weighted by molar-refractivity contribution is -0.118. The van der Waals surface area contributed by atoms with Gasteiger partial charge in [-0.25, -0.2) is 0 Å². The van der Waals surface area contributed by atoms with E-state index in [0.29, 0.717) is 30.6 Å². The Morgan fingerprint density at radius 1 is 1.17 bits per heavy atom. The number of carbonyl (C=O) groups excluding carboxylic acids is 2. The zero-order valence-corrected chi connectivity index (χ0v) is 10.6. The number of benzene rings is 1. The molecule has 0 saturated carbocycles. The van der Waals surface area contributed by atoms with Gasteiger partial charge in [-0.05, 0) is 30.7 Å². The van der Waals surface area contributed by atoms with Crippen LogP contribution in [-0.4, -0.2) is 18.7 Å². The molecule has 0 heterocycles. The first-order valence-corrected chi connectivity index (χ1v) is 5.97. The standard InChI is InChI=1S/C15H18O3/c1-3-4-5-13(16)8-11-15(17)12-6-9-14(18-2)10-7-12/h3,6-7,9-10H,1,4-5,8,11H2,2H3. The second kappa shape index (κ2) is 7.43. The number of ether oxygens (including phenoxy) is 1. The fourth-order valence-electron chi connectivity index (χ4n) is 1.56. The summed E-state index contributed by atoms with van der Waals surface area (Å²) >= 11 is 0. The monoisotopic (exact) mass is 246 g/mol. The van der Waals surface area contributed by atoms with Crippen molar-refractivity contribution in [1.29, 1.82) is 0 Å². The number of methoxy groups -OCH3 is 1. The van der Waals surface area contributed by atoms with Crippen LogP contribution in [0.15, 0.2) is 36.9 Å². The minimum absolute atomic E-state index is 0.00962. The smallest absolute Gasteiger partial charge is 0.163 e. The minimum Gasteiger partial charge on any atom is -0.497 e. The second-order valence-electron chi connectivity index (χ2n) is 4.02. The van der Waals surface area contributed by atoms with E-state index in [-0.39, 0.29) is 18.0 Å². The highest BCUT2D eigenvalue weighted by Gasteiger charge is 2.09. The molecule has 1 aromatic rings. The molecule has 0 aliphatic carbocycles. The predicted molar refractivity (Wildman–Crippen MR) is 71.0 cm³/mol. The van der Waals surface area contributed by atoms with Crippen LogP contribution in [0.3, 0.4) is 0 Å². The molecule has 0 N–H and O–H groups in total. The third-order valence-corrected chi connectivity index (χ3v) is 2.67. The first kappa shape index (κ1) is 14.2. The van der Waals surface area contributed by atoms with Crippen molar-refractivity contribution < 1.29 is 14.3 Å². The molecule has 96 valence electrons. The molecule has 0 aromatic heterocycles. The van der Waals surface area contributed by atoms with E-state index in [1.807, 2.05) is 0 Å². The van der Waals surface area contributed by atoms with Crippen LogP contribution < -0.4 is 4.74 Å². The molecule has 0 amide bonds. The van der Waals surface area contributed by atoms with E-state index < -0.39 is 0 Å². The maximum atomic E-state index is 11.8. The summed E-state index contributed by atoms with van der Waals surface area (Å²) in [6, 6.07) is 6.92. The number of allylic oxidation sites excluding steroid dienone is 1. The molecule has 0 aliphatic heterocycles. The van der Waals surface area contributed by atoms with Crippen LogP contribution in [0.4, 0.5) is 0 Å². The van der Waals surface area contributed by atoms with Crippen molar-refractivity contribution in [3.05, 3.63) is 42.5 Å². The lowest BCUT2D eigenvalue weighted by Gasteiger charge is -2.02. The lowest BCUT2D eigenvalue weighted by atomic mass is 10.0. The van der Waals surface area contributed by atoms with Crippen LogP contribution in [0.2, 0.25) is 0 Å². The zero-order valence-electron chi connectivity index (χ0n) is 10.6. The summed E-state index contributed by atoms with van der Waals surface area (Å²) in [7, 11) is 1.58. The van der Waals surface area contributed by atoms with E-state index >= 15 is 0 Å². The highest BCUT2D eigenvalue weighted by molar-refractivity contribution is 5.98. The Morgan fingerprint density at radius 2 is 1.83 bits per heavy atom. The number of hydrogen-bond acceptors (Lipinski definition) is 3. The molecule has 1 aromatic carbocycles. The predicted octanol–water partition coefficient (Wildman–Crippen LogP) is 3.19. The lowest BCUT2D eigenvalue weighted by Crippen LogP contribution is -2.04. The van der Waals surface area contributed by atoms with Gasteiger partial charge in [0.1, 0.15) is 11.5 Å². The van der Waals surface area contributed by atoms with E-state index in [1.165, 1.54) is 0 Å². The van der Waals surface area contributed by atoms with E-state index in [2.05, 4.69) is 6.58 Å². The molecule has 18 heavy (non-hydrogen) atoms. The maximum Gasteiger partial charge on any atom is 0.163 e. The van der Waals surface area contributed by atoms with Crippen LogP contribution >= 0.6 is 0 Å². The molecule has 0 bridgehead atoms. The van der Waals surface area contributed by atoms with Crippen molar-refractivity contribution in [3.8, 4) is 5.75 Å². The number of Topliss-reactive ketones (excluding diaryl/α,β-unsaturated/α-hetero) is 2. The zero-order chi connectivity index (χ0) is 13.4. The van der Waals surface area contributed by atoms with Gasteiger partial charge in [0.05, 0.1) is 7.11 Å². The second-order valence-corrected chi connectivity index (χ2v) is 4.02. The Bertz CT molecular complexity index is 418. The Hall–Kier alpha value is -1.90. The first-order valence-electron chi connectivity index (χ1n) is 5.97. The van der Waals surface area contributed by atoms with Crippen molar-refractivity contribution in [2.45, 2.75) is 25.7 Å². The SMILES string of the molecule is C=CCCC(=O)CCC(=O)c1ccc(OC)cc1. The molecule has 1 rings (SSSR count). The van der Waals surface area contributed by atoms with Crippen LogP contribution in [0.5, 0.6) is 5.75 Å². The maximum absolute atomic E-state index is 11.8. The summed E-state index contributed by atoms with van der Waals surface area (Å²) in [6.45, 7) is 3.56. The van der Waals surface area contributed by atoms with E-state index in [4.69, 9.17) is 4.74 Å². The van der Waals surface area contributed by atoms with Crippen LogP contribution in [0.25, 0.3) is 0 Å². The Morgan fingerprint density at radius 3 is 2.39 bits per heavy atom. The summed E-state index contributed by atoms with van der Waals surface area (Å²) in [4.78, 5) is 23.2. The number of rotatable bonds is 8. The third-order valence-electron chi connectivity index (χ3n) is 2.67. The summed E-state index contributed by atoms with van der Waals surface area (Å²) in [5.74, 6) is 0.815. The van der Waals surface area contributed by atoms with Crippen molar-refractivity contribution in [2.75, 3.05) is 7.11 Å². The van der Waals surface area contributed by atoms with Gasteiger partial charge in [0.15, 0.2) is 5.78 Å². The topological polar surface area (TPSA) is 43.4 Å². The average Bonchev–Trinajstić information content (AvgIpc) is 2.42. The molecule has 0 spiro atoms. The fourth-order valence-corrected chi connectivity index (χ4v) is 1.56. The summed E-state index contributed by atoms with van der Waals surface area (Å²) < 4.78 is 5.02. The normalized spacial score (nSPS) is 9.83. The summed E-state index contributed by atoms with van der Waals surface area (Å²) in [5, 5.41) is 0. The van der Waals surface area contributed by atoms with Crippen molar-refractivity contribution >= 4 is 11.6 Å². The molecule has 0 fully saturated rings. The van der Waals surface area contributed by atoms with Crippen molar-refractivity contribution in [2.24, 2.45) is 0 Å². The number of carbonyl (C=O) groups is 2. The average molecular weight is 246 g/mol. The molecule has 0 aliphatic rings. The Labute approximate surface area is 107 Å². The van der Waals surface area contributed by atoms with Gasteiger partial charge in [-0.15, -0.1) is 6.58 Å². The quantitative estimate of drug-likeness (QED) is 0.522. The van der Waals surface area contributed by atoms with E-state index in [1.54, 1.807) is 37.5 Å². The molecule has 3 nitrogen and oxygen atoms in total. The molecular weight excluding hydrogens is 228 g/mol. The number of hydrogen-bond donors (Lipinski definition) is 0. The molecule has 0 atom stereocenters. The Balaban J connectivity index is 2.44. The van der Waals surface area contributed by atoms with Gasteiger partial charge in [0, 0.05) is 24.8 Å².